The molecule has 0 fully saturated rings. The van der Waals surface area contributed by atoms with E-state index in [-0.39, 0.29) is 10.8 Å². The largest absolute Gasteiger partial charge is 0.507 e. The van der Waals surface area contributed by atoms with Crippen LogP contribution in [-0.4, -0.2) is 31.6 Å². The maximum atomic E-state index is 11.6. The summed E-state index contributed by atoms with van der Waals surface area (Å²) in [5.74, 6) is 2.86. The fraction of sp³-hybridized carbons (Fsp3) is 0.727. The van der Waals surface area contributed by atoms with Crippen LogP contribution in [0.15, 0.2) is 16.4 Å². The van der Waals surface area contributed by atoms with E-state index in [1.54, 1.807) is 23.5 Å². The number of benzene rings is 1. The average molecular weight is 589 g/mol. The summed E-state index contributed by atoms with van der Waals surface area (Å²) in [5, 5.41) is 13.1. The van der Waals surface area contributed by atoms with Crippen LogP contribution in [0, 0.1) is 0 Å². The number of nitrogen functional groups attached to an aromatic ring is 1. The Bertz CT molecular complexity index is 1010. The fourth-order valence-corrected chi connectivity index (χ4v) is 6.63. The second kappa shape index (κ2) is 16.8. The monoisotopic (exact) mass is 588 g/mol. The summed E-state index contributed by atoms with van der Waals surface area (Å²) in [4.78, 5) is 14.7. The van der Waals surface area contributed by atoms with Gasteiger partial charge in [0, 0.05) is 33.9 Å². The molecule has 7 heteroatoms. The Balaban J connectivity index is 2.39. The maximum Gasteiger partial charge on any atom is 0.192 e. The first kappa shape index (κ1) is 34.7. The van der Waals surface area contributed by atoms with Crippen molar-refractivity contribution in [1.82, 2.24) is 15.0 Å². The molecule has 1 aromatic carbocycles. The molecule has 0 aliphatic heterocycles. The molecule has 0 saturated heterocycles. The highest BCUT2D eigenvalue weighted by Crippen LogP contribution is 2.47. The van der Waals surface area contributed by atoms with Gasteiger partial charge >= 0.3 is 0 Å². The molecule has 0 aliphatic rings. The van der Waals surface area contributed by atoms with Gasteiger partial charge in [-0.1, -0.05) is 143 Å². The van der Waals surface area contributed by atoms with Crippen molar-refractivity contribution in [2.75, 3.05) is 17.2 Å². The van der Waals surface area contributed by atoms with Crippen molar-refractivity contribution in [3.05, 3.63) is 17.2 Å². The Labute approximate surface area is 253 Å². The number of phenolic OH excluding ortho intramolecular Hbond substituents is 1. The number of thioether (sulfide) groups is 2. The summed E-state index contributed by atoms with van der Waals surface area (Å²) in [7, 11) is 0. The van der Waals surface area contributed by atoms with Gasteiger partial charge in [-0.25, -0.2) is 9.97 Å². The van der Waals surface area contributed by atoms with Gasteiger partial charge < -0.3 is 10.8 Å². The average Bonchev–Trinajstić information content (AvgIpc) is 2.87. The predicted octanol–water partition coefficient (Wildman–Crippen LogP) is 10.3. The van der Waals surface area contributed by atoms with Gasteiger partial charge in [0.1, 0.15) is 5.75 Å². The molecular weight excluding hydrogens is 533 g/mol. The van der Waals surface area contributed by atoms with Crippen LogP contribution in [0.4, 0.5) is 5.69 Å². The zero-order valence-corrected chi connectivity index (χ0v) is 28.3. The van der Waals surface area contributed by atoms with Gasteiger partial charge in [-0.2, -0.15) is 4.98 Å². The number of hydrogen-bond acceptors (Lipinski definition) is 7. The van der Waals surface area contributed by atoms with Crippen molar-refractivity contribution in [3.8, 4) is 17.1 Å². The van der Waals surface area contributed by atoms with E-state index in [1.807, 2.05) is 6.07 Å². The van der Waals surface area contributed by atoms with Crippen LogP contribution in [0.3, 0.4) is 0 Å². The van der Waals surface area contributed by atoms with Crippen molar-refractivity contribution in [3.63, 3.8) is 0 Å². The lowest BCUT2D eigenvalue weighted by Crippen LogP contribution is -2.20. The third-order valence-electron chi connectivity index (χ3n) is 7.16. The summed E-state index contributed by atoms with van der Waals surface area (Å²) in [6.07, 6.45) is 15.2. The highest BCUT2D eigenvalue weighted by atomic mass is 32.2. The Kier molecular flexibility index (Phi) is 14.6. The predicted molar refractivity (Wildman–Crippen MR) is 177 cm³/mol. The molecule has 1 heterocycles. The SMILES string of the molecule is CCCCCCCCSc1nc(SCCCCCCCC)nc(-c2c(N)cc(C(C)(C)C)c(O)c2C(C)(C)C)n1. The number of aromatic hydroxyl groups is 1. The molecule has 5 nitrogen and oxygen atoms in total. The van der Waals surface area contributed by atoms with Crippen molar-refractivity contribution in [2.45, 2.75) is 154 Å². The molecule has 3 N–H and O–H groups in total. The molecule has 0 bridgehead atoms. The van der Waals surface area contributed by atoms with Crippen molar-refractivity contribution in [1.29, 1.82) is 0 Å². The fourth-order valence-electron chi connectivity index (χ4n) is 4.91. The summed E-state index contributed by atoms with van der Waals surface area (Å²) in [6.45, 7) is 17.2. The van der Waals surface area contributed by atoms with Crippen molar-refractivity contribution < 1.29 is 5.11 Å². The third kappa shape index (κ3) is 11.1. The normalized spacial score (nSPS) is 12.3. The molecule has 0 radical (unpaired) electrons. The van der Waals surface area contributed by atoms with E-state index in [0.717, 1.165) is 51.4 Å². The van der Waals surface area contributed by atoms with E-state index in [9.17, 15) is 5.11 Å². The summed E-state index contributed by atoms with van der Waals surface area (Å²) in [6, 6.07) is 1.91. The quantitative estimate of drug-likeness (QED) is 0.0822. The molecule has 40 heavy (non-hydrogen) atoms. The number of rotatable bonds is 17. The molecule has 0 amide bonds. The molecule has 2 aromatic rings. The van der Waals surface area contributed by atoms with E-state index in [2.05, 4.69) is 55.4 Å². The number of aromatic nitrogens is 3. The lowest BCUT2D eigenvalue weighted by atomic mass is 9.76. The Hall–Kier alpha value is -1.47. The van der Waals surface area contributed by atoms with Crippen LogP contribution >= 0.6 is 23.5 Å². The van der Waals surface area contributed by atoms with Gasteiger partial charge in [0.15, 0.2) is 16.1 Å². The lowest BCUT2D eigenvalue weighted by molar-refractivity contribution is 0.424. The molecular formula is C33H56N4OS2. The molecule has 1 aromatic heterocycles. The van der Waals surface area contributed by atoms with Gasteiger partial charge in [0.25, 0.3) is 0 Å². The highest BCUT2D eigenvalue weighted by Gasteiger charge is 2.32. The van der Waals surface area contributed by atoms with E-state index in [4.69, 9.17) is 20.7 Å². The zero-order chi connectivity index (χ0) is 29.8. The van der Waals surface area contributed by atoms with E-state index >= 15 is 0 Å². The first-order valence-electron chi connectivity index (χ1n) is 15.6. The molecule has 0 saturated carbocycles. The Morgan fingerprint density at radius 2 is 1.12 bits per heavy atom. The van der Waals surface area contributed by atoms with Crippen molar-refractivity contribution >= 4 is 29.2 Å². The minimum atomic E-state index is -0.348. The molecule has 0 aliphatic carbocycles. The van der Waals surface area contributed by atoms with Gasteiger partial charge in [-0.05, 0) is 29.7 Å². The molecule has 0 unspecified atom stereocenters. The maximum absolute atomic E-state index is 11.6. The van der Waals surface area contributed by atoms with Crippen LogP contribution in [0.25, 0.3) is 11.4 Å². The zero-order valence-electron chi connectivity index (χ0n) is 26.7. The molecule has 2 rings (SSSR count). The van der Waals surface area contributed by atoms with Gasteiger partial charge in [-0.3, -0.25) is 0 Å². The van der Waals surface area contributed by atoms with E-state index in [1.165, 1.54) is 64.2 Å². The lowest BCUT2D eigenvalue weighted by Gasteiger charge is -2.30. The van der Waals surface area contributed by atoms with Crippen LogP contribution in [0.2, 0.25) is 0 Å². The minimum absolute atomic E-state index is 0.244. The van der Waals surface area contributed by atoms with Crippen LogP contribution in [-0.2, 0) is 10.8 Å². The Morgan fingerprint density at radius 1 is 0.675 bits per heavy atom. The summed E-state index contributed by atoms with van der Waals surface area (Å²) >= 11 is 3.42. The topological polar surface area (TPSA) is 84.9 Å². The first-order chi connectivity index (χ1) is 18.9. The first-order valence-corrected chi connectivity index (χ1v) is 17.6. The van der Waals surface area contributed by atoms with E-state index in [0.29, 0.717) is 17.3 Å². The van der Waals surface area contributed by atoms with E-state index < -0.39 is 0 Å². The van der Waals surface area contributed by atoms with Crippen LogP contribution in [0.1, 0.15) is 144 Å². The number of phenols is 1. The summed E-state index contributed by atoms with van der Waals surface area (Å²) in [5.41, 5.74) is 9.16. The summed E-state index contributed by atoms with van der Waals surface area (Å²) < 4.78 is 0. The molecule has 226 valence electrons. The van der Waals surface area contributed by atoms with Crippen LogP contribution < -0.4 is 5.73 Å². The van der Waals surface area contributed by atoms with Gasteiger partial charge in [0.2, 0.25) is 0 Å². The number of anilines is 1. The molecule has 0 atom stereocenters. The van der Waals surface area contributed by atoms with Crippen molar-refractivity contribution in [2.24, 2.45) is 0 Å². The Morgan fingerprint density at radius 3 is 1.55 bits per heavy atom. The smallest absolute Gasteiger partial charge is 0.192 e. The minimum Gasteiger partial charge on any atom is -0.507 e. The highest BCUT2D eigenvalue weighted by molar-refractivity contribution is 7.99. The number of hydrogen-bond donors (Lipinski definition) is 2. The van der Waals surface area contributed by atoms with Crippen LogP contribution in [0.5, 0.6) is 5.75 Å². The van der Waals surface area contributed by atoms with Gasteiger partial charge in [0.05, 0.1) is 0 Å². The second-order valence-corrected chi connectivity index (χ2v) is 15.2. The van der Waals surface area contributed by atoms with Gasteiger partial charge in [-0.15, -0.1) is 0 Å². The molecule has 0 spiro atoms. The number of unbranched alkanes of at least 4 members (excludes halogenated alkanes) is 10. The third-order valence-corrected chi connectivity index (χ3v) is 9.03. The number of nitrogens with two attached hydrogens (primary N) is 1. The second-order valence-electron chi connectivity index (χ2n) is 13.1. The standard InChI is InChI=1S/C33H56N4OS2/c1-9-11-13-15-17-19-21-39-30-35-29(36-31(37-30)40-22-20-18-16-14-12-10-2)26-25(34)23-24(32(3,4)5)28(38)27(26)33(6,7)8/h23,38H,9-22,34H2,1-8H3. The number of nitrogens with zero attached hydrogens (tertiary/aromatic N) is 3.